The predicted octanol–water partition coefficient (Wildman–Crippen LogP) is 1.91. The first-order chi connectivity index (χ1) is 9.52. The molecule has 1 saturated heterocycles. The van der Waals surface area contributed by atoms with Gasteiger partial charge in [-0.15, -0.1) is 0 Å². The third kappa shape index (κ3) is 3.52. The Labute approximate surface area is 120 Å². The maximum atomic E-state index is 11.8. The Kier molecular flexibility index (Phi) is 4.68. The predicted molar refractivity (Wildman–Crippen MR) is 78.0 cm³/mol. The van der Waals surface area contributed by atoms with Gasteiger partial charge in [0.1, 0.15) is 0 Å². The molecule has 1 aliphatic carbocycles. The molecule has 3 amide bonds. The fourth-order valence-electron chi connectivity index (χ4n) is 2.93. The van der Waals surface area contributed by atoms with E-state index in [0.717, 1.165) is 31.4 Å². The molecular formula is C15H25N3O2. The van der Waals surface area contributed by atoms with Gasteiger partial charge in [-0.25, -0.2) is 4.79 Å². The molecule has 0 aromatic heterocycles. The number of carbonyl (C=O) groups excluding carboxylic acids is 2. The molecule has 0 aromatic rings. The van der Waals surface area contributed by atoms with Crippen LogP contribution in [0.5, 0.6) is 0 Å². The molecule has 2 aliphatic rings. The van der Waals surface area contributed by atoms with Crippen molar-refractivity contribution in [3.05, 3.63) is 11.8 Å². The van der Waals surface area contributed by atoms with Crippen LogP contribution in [0.2, 0.25) is 0 Å². The van der Waals surface area contributed by atoms with Gasteiger partial charge in [0, 0.05) is 30.6 Å². The zero-order valence-corrected chi connectivity index (χ0v) is 12.4. The van der Waals surface area contributed by atoms with Gasteiger partial charge in [0.2, 0.25) is 5.91 Å². The minimum atomic E-state index is -0.116. The summed E-state index contributed by atoms with van der Waals surface area (Å²) in [6.45, 7) is 5.41. The maximum absolute atomic E-state index is 11.8. The Balaban J connectivity index is 1.92. The molecule has 2 rings (SSSR count). The highest BCUT2D eigenvalue weighted by Crippen LogP contribution is 2.42. The van der Waals surface area contributed by atoms with Crippen LogP contribution in [0.3, 0.4) is 0 Å². The Hall–Kier alpha value is -1.52. The van der Waals surface area contributed by atoms with E-state index < -0.39 is 0 Å². The van der Waals surface area contributed by atoms with Crippen molar-refractivity contribution in [3.8, 4) is 0 Å². The largest absolute Gasteiger partial charge is 0.338 e. The van der Waals surface area contributed by atoms with Crippen LogP contribution in [-0.4, -0.2) is 25.0 Å². The fraction of sp³-hybridized carbons (Fsp3) is 0.733. The zero-order valence-electron chi connectivity index (χ0n) is 12.4. The highest BCUT2D eigenvalue weighted by molar-refractivity contribution is 5.80. The molecule has 3 N–H and O–H groups in total. The molecule has 5 heteroatoms. The van der Waals surface area contributed by atoms with Crippen LogP contribution in [0.4, 0.5) is 4.79 Å². The van der Waals surface area contributed by atoms with E-state index in [1.165, 1.54) is 0 Å². The van der Waals surface area contributed by atoms with Crippen LogP contribution in [0.15, 0.2) is 11.8 Å². The first kappa shape index (κ1) is 14.9. The van der Waals surface area contributed by atoms with Crippen LogP contribution in [0, 0.1) is 11.3 Å². The van der Waals surface area contributed by atoms with E-state index in [9.17, 15) is 9.59 Å². The van der Waals surface area contributed by atoms with Crippen molar-refractivity contribution in [1.82, 2.24) is 16.0 Å². The minimum Gasteiger partial charge on any atom is -0.338 e. The average molecular weight is 279 g/mol. The molecule has 1 aliphatic heterocycles. The van der Waals surface area contributed by atoms with E-state index in [4.69, 9.17) is 0 Å². The van der Waals surface area contributed by atoms with E-state index in [2.05, 4.69) is 35.9 Å². The summed E-state index contributed by atoms with van der Waals surface area (Å²) in [5, 5.41) is 8.82. The van der Waals surface area contributed by atoms with Gasteiger partial charge in [-0.3, -0.25) is 4.79 Å². The lowest BCUT2D eigenvalue weighted by atomic mass is 9.70. The van der Waals surface area contributed by atoms with Crippen LogP contribution in [0.1, 0.15) is 46.0 Å². The van der Waals surface area contributed by atoms with Crippen molar-refractivity contribution in [3.63, 3.8) is 0 Å². The van der Waals surface area contributed by atoms with Crippen molar-refractivity contribution < 1.29 is 9.59 Å². The first-order valence-electron chi connectivity index (χ1n) is 7.54. The van der Waals surface area contributed by atoms with Gasteiger partial charge in [-0.05, 0) is 31.6 Å². The SMILES string of the molecule is CC(C)CNC(=O)NCC12CCCC=C1NC(=O)CC2. The Morgan fingerprint density at radius 2 is 2.20 bits per heavy atom. The number of amides is 3. The normalized spacial score (nSPS) is 25.6. The third-order valence-corrected chi connectivity index (χ3v) is 4.14. The highest BCUT2D eigenvalue weighted by Gasteiger charge is 2.40. The molecule has 0 saturated carbocycles. The van der Waals surface area contributed by atoms with E-state index in [1.807, 2.05) is 0 Å². The minimum absolute atomic E-state index is 0.0681. The monoisotopic (exact) mass is 279 g/mol. The number of urea groups is 1. The summed E-state index contributed by atoms with van der Waals surface area (Å²) in [5.41, 5.74) is 0.950. The molecule has 1 heterocycles. The van der Waals surface area contributed by atoms with Gasteiger partial charge in [-0.2, -0.15) is 0 Å². The van der Waals surface area contributed by atoms with Gasteiger partial charge >= 0.3 is 6.03 Å². The topological polar surface area (TPSA) is 70.2 Å². The van der Waals surface area contributed by atoms with Crippen molar-refractivity contribution in [2.24, 2.45) is 11.3 Å². The smallest absolute Gasteiger partial charge is 0.314 e. The quantitative estimate of drug-likeness (QED) is 0.735. The summed E-state index contributed by atoms with van der Waals surface area (Å²) in [6, 6.07) is -0.116. The van der Waals surface area contributed by atoms with Crippen LogP contribution in [0.25, 0.3) is 0 Å². The second-order valence-corrected chi connectivity index (χ2v) is 6.30. The van der Waals surface area contributed by atoms with Crippen molar-refractivity contribution >= 4 is 11.9 Å². The fourth-order valence-corrected chi connectivity index (χ4v) is 2.93. The molecule has 1 atom stereocenters. The van der Waals surface area contributed by atoms with Gasteiger partial charge in [-0.1, -0.05) is 19.9 Å². The van der Waals surface area contributed by atoms with Crippen molar-refractivity contribution in [1.29, 1.82) is 0 Å². The number of carbonyl (C=O) groups is 2. The number of fused-ring (bicyclic) bond motifs is 1. The standard InChI is InChI=1S/C15H25N3O2/c1-11(2)9-16-14(20)17-10-15-7-4-3-5-12(15)18-13(19)6-8-15/h5,11H,3-4,6-10H2,1-2H3,(H,18,19)(H2,16,17,20). The van der Waals surface area contributed by atoms with Crippen LogP contribution in [-0.2, 0) is 4.79 Å². The van der Waals surface area contributed by atoms with Gasteiger partial charge in [0.05, 0.1) is 0 Å². The van der Waals surface area contributed by atoms with Crippen LogP contribution >= 0.6 is 0 Å². The molecule has 0 spiro atoms. The summed E-state index contributed by atoms with van der Waals surface area (Å²) in [4.78, 5) is 23.3. The summed E-state index contributed by atoms with van der Waals surface area (Å²) < 4.78 is 0. The molecule has 1 unspecified atom stereocenters. The van der Waals surface area contributed by atoms with E-state index in [1.54, 1.807) is 0 Å². The first-order valence-corrected chi connectivity index (χ1v) is 7.54. The third-order valence-electron chi connectivity index (χ3n) is 4.14. The van der Waals surface area contributed by atoms with Gasteiger partial charge < -0.3 is 16.0 Å². The molecule has 112 valence electrons. The number of piperidine rings is 1. The van der Waals surface area contributed by atoms with Gasteiger partial charge in [0.25, 0.3) is 0 Å². The average Bonchev–Trinajstić information content (AvgIpc) is 2.43. The van der Waals surface area contributed by atoms with Crippen molar-refractivity contribution in [2.45, 2.75) is 46.0 Å². The summed E-state index contributed by atoms with van der Waals surface area (Å²) in [7, 11) is 0. The lowest BCUT2D eigenvalue weighted by Gasteiger charge is -2.42. The number of hydrogen-bond donors (Lipinski definition) is 3. The number of allylic oxidation sites excluding steroid dienone is 1. The number of nitrogens with one attached hydrogen (secondary N) is 3. The number of hydrogen-bond acceptors (Lipinski definition) is 2. The second kappa shape index (κ2) is 6.29. The molecule has 20 heavy (non-hydrogen) atoms. The highest BCUT2D eigenvalue weighted by atomic mass is 16.2. The Bertz CT molecular complexity index is 417. The molecule has 1 fully saturated rings. The zero-order chi connectivity index (χ0) is 14.6. The van der Waals surface area contributed by atoms with Crippen LogP contribution < -0.4 is 16.0 Å². The van der Waals surface area contributed by atoms with E-state index in [0.29, 0.717) is 25.4 Å². The van der Waals surface area contributed by atoms with Crippen molar-refractivity contribution in [2.75, 3.05) is 13.1 Å². The summed E-state index contributed by atoms with van der Waals surface area (Å²) in [5.74, 6) is 0.538. The lowest BCUT2D eigenvalue weighted by Crippen LogP contribution is -2.50. The Morgan fingerprint density at radius 3 is 2.95 bits per heavy atom. The Morgan fingerprint density at radius 1 is 1.40 bits per heavy atom. The maximum Gasteiger partial charge on any atom is 0.314 e. The molecule has 0 radical (unpaired) electrons. The second-order valence-electron chi connectivity index (χ2n) is 6.30. The lowest BCUT2D eigenvalue weighted by molar-refractivity contribution is -0.122. The summed E-state index contributed by atoms with van der Waals surface area (Å²) in [6.07, 6.45) is 6.66. The molecular weight excluding hydrogens is 254 g/mol. The van der Waals surface area contributed by atoms with E-state index >= 15 is 0 Å². The van der Waals surface area contributed by atoms with Gasteiger partial charge in [0.15, 0.2) is 0 Å². The molecule has 0 bridgehead atoms. The molecule has 0 aromatic carbocycles. The van der Waals surface area contributed by atoms with E-state index in [-0.39, 0.29) is 17.4 Å². The molecule has 5 nitrogen and oxygen atoms in total. The summed E-state index contributed by atoms with van der Waals surface area (Å²) >= 11 is 0. The number of rotatable bonds is 4.